The Hall–Kier alpha value is -2.49. The average molecular weight is 284 g/mol. The van der Waals surface area contributed by atoms with Gasteiger partial charge in [0.15, 0.2) is 11.6 Å². The predicted molar refractivity (Wildman–Crippen MR) is 76.9 cm³/mol. The molecule has 1 atom stereocenters. The summed E-state index contributed by atoms with van der Waals surface area (Å²) in [6.45, 7) is 0. The Bertz CT molecular complexity index is 709. The van der Waals surface area contributed by atoms with Crippen molar-refractivity contribution in [2.24, 2.45) is 0 Å². The van der Waals surface area contributed by atoms with Crippen LogP contribution in [-0.2, 0) is 6.42 Å². The largest absolute Gasteiger partial charge is 0.348 e. The lowest BCUT2D eigenvalue weighted by atomic mass is 9.89. The molecule has 1 heterocycles. The van der Waals surface area contributed by atoms with Gasteiger partial charge in [-0.3, -0.25) is 0 Å². The molecule has 0 aliphatic carbocycles. The van der Waals surface area contributed by atoms with Gasteiger partial charge < -0.3 is 4.98 Å². The van der Waals surface area contributed by atoms with Crippen molar-refractivity contribution in [1.29, 1.82) is 0 Å². The maximum Gasteiger partial charge on any atom is 0.162 e. The SMILES string of the molecule is Fc1cccc(C(Cc2ccccc2)c2cnc[nH]2)c1F. The first kappa shape index (κ1) is 13.5. The Kier molecular flexibility index (Phi) is 3.77. The van der Waals surface area contributed by atoms with Crippen molar-refractivity contribution >= 4 is 0 Å². The van der Waals surface area contributed by atoms with Crippen LogP contribution in [0.2, 0.25) is 0 Å². The summed E-state index contributed by atoms with van der Waals surface area (Å²) >= 11 is 0. The number of hydrogen-bond acceptors (Lipinski definition) is 1. The van der Waals surface area contributed by atoms with Gasteiger partial charge in [-0.15, -0.1) is 0 Å². The number of hydrogen-bond donors (Lipinski definition) is 1. The second-order valence-corrected chi connectivity index (χ2v) is 4.89. The number of halogens is 2. The van der Waals surface area contributed by atoms with Crippen molar-refractivity contribution in [3.63, 3.8) is 0 Å². The molecule has 106 valence electrons. The molecule has 1 unspecified atom stereocenters. The Morgan fingerprint density at radius 2 is 1.81 bits per heavy atom. The number of rotatable bonds is 4. The minimum atomic E-state index is -0.829. The predicted octanol–water partition coefficient (Wildman–Crippen LogP) is 4.06. The van der Waals surface area contributed by atoms with Crippen LogP contribution in [0.1, 0.15) is 22.7 Å². The lowest BCUT2D eigenvalue weighted by molar-refractivity contribution is 0.492. The van der Waals surface area contributed by atoms with Gasteiger partial charge in [-0.1, -0.05) is 42.5 Å². The van der Waals surface area contributed by atoms with E-state index in [1.807, 2.05) is 30.3 Å². The molecule has 0 aliphatic rings. The van der Waals surface area contributed by atoms with Crippen molar-refractivity contribution in [1.82, 2.24) is 9.97 Å². The molecule has 4 heteroatoms. The average Bonchev–Trinajstić information content (AvgIpc) is 3.03. The molecule has 0 saturated carbocycles. The third-order valence-corrected chi connectivity index (χ3v) is 3.53. The smallest absolute Gasteiger partial charge is 0.162 e. The highest BCUT2D eigenvalue weighted by molar-refractivity contribution is 5.32. The molecule has 0 saturated heterocycles. The van der Waals surface area contributed by atoms with E-state index in [2.05, 4.69) is 9.97 Å². The molecule has 3 aromatic rings. The van der Waals surface area contributed by atoms with E-state index in [1.54, 1.807) is 18.6 Å². The standard InChI is InChI=1S/C17H14F2N2/c18-15-8-4-7-13(17(15)19)14(16-10-20-11-21-16)9-12-5-2-1-3-6-12/h1-8,10-11,14H,9H2,(H,20,21). The van der Waals surface area contributed by atoms with Crippen LogP contribution >= 0.6 is 0 Å². The molecule has 1 aromatic heterocycles. The van der Waals surface area contributed by atoms with Gasteiger partial charge in [-0.2, -0.15) is 0 Å². The lowest BCUT2D eigenvalue weighted by Crippen LogP contribution is -2.09. The Balaban J connectivity index is 2.03. The van der Waals surface area contributed by atoms with Crippen LogP contribution in [-0.4, -0.2) is 9.97 Å². The fraction of sp³-hybridized carbons (Fsp3) is 0.118. The van der Waals surface area contributed by atoms with Gasteiger partial charge in [0.25, 0.3) is 0 Å². The highest BCUT2D eigenvalue weighted by Crippen LogP contribution is 2.29. The van der Waals surface area contributed by atoms with Crippen LogP contribution in [0.15, 0.2) is 61.1 Å². The number of benzene rings is 2. The fourth-order valence-corrected chi connectivity index (χ4v) is 2.48. The normalized spacial score (nSPS) is 12.3. The van der Waals surface area contributed by atoms with Gasteiger partial charge in [-0.25, -0.2) is 13.8 Å². The van der Waals surface area contributed by atoms with Gasteiger partial charge >= 0.3 is 0 Å². The van der Waals surface area contributed by atoms with Gasteiger partial charge in [-0.05, 0) is 18.1 Å². The number of H-pyrrole nitrogens is 1. The summed E-state index contributed by atoms with van der Waals surface area (Å²) in [5, 5.41) is 0. The number of nitrogens with one attached hydrogen (secondary N) is 1. The zero-order chi connectivity index (χ0) is 14.7. The van der Waals surface area contributed by atoms with Gasteiger partial charge in [0.05, 0.1) is 6.33 Å². The molecule has 3 rings (SSSR count). The lowest BCUT2D eigenvalue weighted by Gasteiger charge is -2.17. The maximum absolute atomic E-state index is 14.1. The summed E-state index contributed by atoms with van der Waals surface area (Å²) in [7, 11) is 0. The summed E-state index contributed by atoms with van der Waals surface area (Å²) in [5.41, 5.74) is 2.16. The number of nitrogens with zero attached hydrogens (tertiary/aromatic N) is 1. The molecule has 2 aromatic carbocycles. The van der Waals surface area contributed by atoms with Crippen molar-refractivity contribution in [2.45, 2.75) is 12.3 Å². The Morgan fingerprint density at radius 1 is 1.00 bits per heavy atom. The minimum absolute atomic E-state index is 0.300. The van der Waals surface area contributed by atoms with Crippen molar-refractivity contribution in [3.8, 4) is 0 Å². The monoisotopic (exact) mass is 284 g/mol. The van der Waals surface area contributed by atoms with Crippen LogP contribution in [0.3, 0.4) is 0 Å². The second kappa shape index (κ2) is 5.87. The number of aromatic amines is 1. The molecule has 21 heavy (non-hydrogen) atoms. The summed E-state index contributed by atoms with van der Waals surface area (Å²) < 4.78 is 27.7. The van der Waals surface area contributed by atoms with Crippen LogP contribution < -0.4 is 0 Å². The first-order valence-corrected chi connectivity index (χ1v) is 6.72. The molecule has 2 nitrogen and oxygen atoms in total. The highest BCUT2D eigenvalue weighted by Gasteiger charge is 2.21. The van der Waals surface area contributed by atoms with E-state index < -0.39 is 11.6 Å². The fourth-order valence-electron chi connectivity index (χ4n) is 2.48. The van der Waals surface area contributed by atoms with E-state index in [9.17, 15) is 8.78 Å². The quantitative estimate of drug-likeness (QED) is 0.769. The molecule has 1 N–H and O–H groups in total. The van der Waals surface area contributed by atoms with Crippen LogP contribution in [0, 0.1) is 11.6 Å². The summed E-state index contributed by atoms with van der Waals surface area (Å²) in [4.78, 5) is 6.99. The van der Waals surface area contributed by atoms with Crippen molar-refractivity contribution in [3.05, 3.63) is 89.5 Å². The maximum atomic E-state index is 14.1. The van der Waals surface area contributed by atoms with E-state index in [4.69, 9.17) is 0 Å². The van der Waals surface area contributed by atoms with Gasteiger partial charge in [0.2, 0.25) is 0 Å². The second-order valence-electron chi connectivity index (χ2n) is 4.89. The minimum Gasteiger partial charge on any atom is -0.348 e. The molecular formula is C17H14F2N2. The molecular weight excluding hydrogens is 270 g/mol. The first-order valence-electron chi connectivity index (χ1n) is 6.72. The topological polar surface area (TPSA) is 28.7 Å². The van der Waals surface area contributed by atoms with E-state index in [1.165, 1.54) is 6.07 Å². The zero-order valence-corrected chi connectivity index (χ0v) is 11.3. The highest BCUT2D eigenvalue weighted by atomic mass is 19.2. The summed E-state index contributed by atoms with van der Waals surface area (Å²) in [5.74, 6) is -1.93. The zero-order valence-electron chi connectivity index (χ0n) is 11.3. The van der Waals surface area contributed by atoms with E-state index in [0.29, 0.717) is 12.0 Å². The van der Waals surface area contributed by atoms with Crippen molar-refractivity contribution < 1.29 is 8.78 Å². The third kappa shape index (κ3) is 2.84. The Morgan fingerprint density at radius 3 is 2.52 bits per heavy atom. The number of aromatic nitrogens is 2. The molecule has 0 bridgehead atoms. The van der Waals surface area contributed by atoms with Crippen molar-refractivity contribution in [2.75, 3.05) is 0 Å². The van der Waals surface area contributed by atoms with Gasteiger partial charge in [0.1, 0.15) is 0 Å². The Labute approximate surface area is 121 Å². The van der Waals surface area contributed by atoms with Crippen LogP contribution in [0.5, 0.6) is 0 Å². The molecule has 0 radical (unpaired) electrons. The van der Waals surface area contributed by atoms with E-state index >= 15 is 0 Å². The molecule has 0 fully saturated rings. The summed E-state index contributed by atoms with van der Waals surface area (Å²) in [6.07, 6.45) is 3.77. The van der Waals surface area contributed by atoms with E-state index in [0.717, 1.165) is 17.3 Å². The molecule has 0 amide bonds. The molecule has 0 aliphatic heterocycles. The third-order valence-electron chi connectivity index (χ3n) is 3.53. The van der Waals surface area contributed by atoms with E-state index in [-0.39, 0.29) is 5.92 Å². The number of imidazole rings is 1. The molecule has 0 spiro atoms. The summed E-state index contributed by atoms with van der Waals surface area (Å²) in [6, 6.07) is 14.0. The van der Waals surface area contributed by atoms with Crippen LogP contribution in [0.4, 0.5) is 8.78 Å². The van der Waals surface area contributed by atoms with Gasteiger partial charge in [0, 0.05) is 23.4 Å². The first-order chi connectivity index (χ1) is 10.3. The van der Waals surface area contributed by atoms with Crippen LogP contribution in [0.25, 0.3) is 0 Å².